The zero-order valence-corrected chi connectivity index (χ0v) is 14.1. The second-order valence-electron chi connectivity index (χ2n) is 5.93. The van der Waals surface area contributed by atoms with Gasteiger partial charge in [-0.1, -0.05) is 20.8 Å². The molecule has 0 amide bonds. The lowest BCUT2D eigenvalue weighted by Gasteiger charge is -2.31. The first-order chi connectivity index (χ1) is 9.60. The van der Waals surface area contributed by atoms with Crippen molar-refractivity contribution in [3.8, 4) is 5.88 Å². The van der Waals surface area contributed by atoms with E-state index in [2.05, 4.69) is 52.0 Å². The van der Waals surface area contributed by atoms with Crippen LogP contribution >= 0.6 is 15.9 Å². The van der Waals surface area contributed by atoms with Crippen LogP contribution < -0.4 is 10.1 Å². The number of halogens is 1. The molecule has 4 nitrogen and oxygen atoms in total. The van der Waals surface area contributed by atoms with E-state index in [1.807, 2.05) is 0 Å². The van der Waals surface area contributed by atoms with Crippen molar-refractivity contribution in [2.75, 3.05) is 11.9 Å². The first kappa shape index (κ1) is 15.5. The van der Waals surface area contributed by atoms with Gasteiger partial charge in [0.25, 0.3) is 0 Å². The molecule has 1 aromatic rings. The van der Waals surface area contributed by atoms with Gasteiger partial charge in [-0.05, 0) is 53.4 Å². The summed E-state index contributed by atoms with van der Waals surface area (Å²) in [5.41, 5.74) is 0. The van der Waals surface area contributed by atoms with E-state index < -0.39 is 0 Å². The molecule has 0 aromatic carbocycles. The quantitative estimate of drug-likeness (QED) is 0.868. The van der Waals surface area contributed by atoms with Gasteiger partial charge >= 0.3 is 0 Å². The molecule has 0 spiro atoms. The van der Waals surface area contributed by atoms with Gasteiger partial charge in [-0.25, -0.2) is 9.97 Å². The minimum atomic E-state index is 0.263. The van der Waals surface area contributed by atoms with E-state index >= 15 is 0 Å². The molecule has 2 atom stereocenters. The van der Waals surface area contributed by atoms with Crippen molar-refractivity contribution in [2.45, 2.75) is 52.6 Å². The van der Waals surface area contributed by atoms with Crippen LogP contribution in [-0.2, 0) is 0 Å². The van der Waals surface area contributed by atoms with Crippen LogP contribution in [0.5, 0.6) is 5.88 Å². The third-order valence-electron chi connectivity index (χ3n) is 3.71. The molecule has 112 valence electrons. The summed E-state index contributed by atoms with van der Waals surface area (Å²) in [6.45, 7) is 7.63. The molecule has 1 heterocycles. The summed E-state index contributed by atoms with van der Waals surface area (Å²) in [6, 6.07) is 0. The maximum absolute atomic E-state index is 6.11. The van der Waals surface area contributed by atoms with E-state index in [9.17, 15) is 0 Å². The van der Waals surface area contributed by atoms with E-state index in [-0.39, 0.29) is 6.10 Å². The summed E-state index contributed by atoms with van der Waals surface area (Å²) < 4.78 is 6.94. The highest BCUT2D eigenvalue weighted by molar-refractivity contribution is 9.10. The Bertz CT molecular complexity index is 431. The van der Waals surface area contributed by atoms with Gasteiger partial charge in [0.15, 0.2) is 0 Å². The van der Waals surface area contributed by atoms with Gasteiger partial charge in [-0.3, -0.25) is 0 Å². The minimum Gasteiger partial charge on any atom is -0.473 e. The number of rotatable bonds is 5. The molecule has 0 aliphatic heterocycles. The number of hydrogen-bond acceptors (Lipinski definition) is 4. The molecule has 2 rings (SSSR count). The van der Waals surface area contributed by atoms with Crippen molar-refractivity contribution in [3.63, 3.8) is 0 Å². The normalized spacial score (nSPS) is 26.3. The van der Waals surface area contributed by atoms with Gasteiger partial charge in [0.1, 0.15) is 22.7 Å². The van der Waals surface area contributed by atoms with Crippen molar-refractivity contribution < 1.29 is 4.74 Å². The fourth-order valence-corrected chi connectivity index (χ4v) is 3.37. The predicted octanol–water partition coefficient (Wildman–Crippen LogP) is 4.26. The zero-order valence-electron chi connectivity index (χ0n) is 12.5. The summed E-state index contributed by atoms with van der Waals surface area (Å²) in [6.07, 6.45) is 6.40. The van der Waals surface area contributed by atoms with Crippen LogP contribution in [0, 0.1) is 11.8 Å². The van der Waals surface area contributed by atoms with Gasteiger partial charge in [0, 0.05) is 6.54 Å². The second kappa shape index (κ2) is 7.25. The average molecular weight is 342 g/mol. The Hall–Kier alpha value is -0.840. The summed E-state index contributed by atoms with van der Waals surface area (Å²) in [5.74, 6) is 2.92. The Labute approximate surface area is 129 Å². The largest absolute Gasteiger partial charge is 0.473 e. The van der Waals surface area contributed by atoms with Crippen molar-refractivity contribution in [1.82, 2.24) is 9.97 Å². The van der Waals surface area contributed by atoms with Crippen molar-refractivity contribution in [1.29, 1.82) is 0 Å². The highest BCUT2D eigenvalue weighted by atomic mass is 79.9. The maximum atomic E-state index is 6.11. The van der Waals surface area contributed by atoms with Gasteiger partial charge < -0.3 is 10.1 Å². The first-order valence-corrected chi connectivity index (χ1v) is 8.30. The Balaban J connectivity index is 2.05. The lowest BCUT2D eigenvalue weighted by molar-refractivity contribution is 0.0958. The third-order valence-corrected chi connectivity index (χ3v) is 4.43. The molecular formula is C15H24BrN3O. The fourth-order valence-electron chi connectivity index (χ4n) is 2.93. The van der Waals surface area contributed by atoms with E-state index in [4.69, 9.17) is 4.74 Å². The number of hydrogen-bond donors (Lipinski definition) is 1. The molecule has 0 radical (unpaired) electrons. The Morgan fingerprint density at radius 1 is 1.25 bits per heavy atom. The van der Waals surface area contributed by atoms with E-state index in [1.54, 1.807) is 6.33 Å². The van der Waals surface area contributed by atoms with Gasteiger partial charge in [-0.15, -0.1) is 0 Å². The van der Waals surface area contributed by atoms with Gasteiger partial charge in [0.2, 0.25) is 5.88 Å². The van der Waals surface area contributed by atoms with E-state index in [0.29, 0.717) is 5.88 Å². The van der Waals surface area contributed by atoms with Gasteiger partial charge in [-0.2, -0.15) is 0 Å². The highest BCUT2D eigenvalue weighted by Gasteiger charge is 2.26. The number of anilines is 1. The van der Waals surface area contributed by atoms with E-state index in [1.165, 1.54) is 6.42 Å². The summed E-state index contributed by atoms with van der Waals surface area (Å²) in [4.78, 5) is 8.52. The summed E-state index contributed by atoms with van der Waals surface area (Å²) >= 11 is 3.56. The van der Waals surface area contributed by atoms with E-state index in [0.717, 1.165) is 47.9 Å². The fraction of sp³-hybridized carbons (Fsp3) is 0.733. The smallest absolute Gasteiger partial charge is 0.233 e. The molecule has 0 bridgehead atoms. The molecule has 1 aliphatic carbocycles. The molecule has 1 saturated carbocycles. The highest BCUT2D eigenvalue weighted by Crippen LogP contribution is 2.34. The zero-order chi connectivity index (χ0) is 14.5. The molecule has 1 N–H and O–H groups in total. The maximum Gasteiger partial charge on any atom is 0.233 e. The SMILES string of the molecule is CCCNc1ncnc(OC2CC(C)CC(C)C2)c1Br. The Morgan fingerprint density at radius 2 is 1.95 bits per heavy atom. The molecular weight excluding hydrogens is 318 g/mol. The number of aromatic nitrogens is 2. The van der Waals surface area contributed by atoms with Crippen LogP contribution in [0.1, 0.15) is 46.5 Å². The lowest BCUT2D eigenvalue weighted by Crippen LogP contribution is -2.29. The van der Waals surface area contributed by atoms with Crippen LogP contribution in [0.2, 0.25) is 0 Å². The van der Waals surface area contributed by atoms with Crippen LogP contribution in [0.4, 0.5) is 5.82 Å². The Morgan fingerprint density at radius 3 is 2.60 bits per heavy atom. The topological polar surface area (TPSA) is 47.0 Å². The predicted molar refractivity (Wildman–Crippen MR) is 85.1 cm³/mol. The van der Waals surface area contributed by atoms with Crippen molar-refractivity contribution in [3.05, 3.63) is 10.8 Å². The minimum absolute atomic E-state index is 0.263. The number of nitrogens with one attached hydrogen (secondary N) is 1. The van der Waals surface area contributed by atoms with Crippen molar-refractivity contribution >= 4 is 21.7 Å². The lowest BCUT2D eigenvalue weighted by atomic mass is 9.82. The summed E-state index contributed by atoms with van der Waals surface area (Å²) in [7, 11) is 0. The Kier molecular flexibility index (Phi) is 5.64. The second-order valence-corrected chi connectivity index (χ2v) is 6.72. The molecule has 1 fully saturated rings. The standard InChI is InChI=1S/C15H24BrN3O/c1-4-5-17-14-13(16)15(19-9-18-14)20-12-7-10(2)6-11(3)8-12/h9-12H,4-8H2,1-3H3,(H,17,18,19). The van der Waals surface area contributed by atoms with Crippen molar-refractivity contribution in [2.24, 2.45) is 11.8 Å². The third kappa shape index (κ3) is 4.08. The molecule has 0 saturated heterocycles. The van der Waals surface area contributed by atoms with Crippen LogP contribution in [0.15, 0.2) is 10.8 Å². The van der Waals surface area contributed by atoms with Crippen LogP contribution in [0.25, 0.3) is 0 Å². The average Bonchev–Trinajstić information content (AvgIpc) is 2.38. The molecule has 5 heteroatoms. The monoisotopic (exact) mass is 341 g/mol. The molecule has 1 aliphatic rings. The van der Waals surface area contributed by atoms with Gasteiger partial charge in [0.05, 0.1) is 0 Å². The number of ether oxygens (including phenoxy) is 1. The summed E-state index contributed by atoms with van der Waals surface area (Å²) in [5, 5.41) is 3.28. The van der Waals surface area contributed by atoms with Crippen LogP contribution in [0.3, 0.4) is 0 Å². The van der Waals surface area contributed by atoms with Crippen LogP contribution in [-0.4, -0.2) is 22.6 Å². The first-order valence-electron chi connectivity index (χ1n) is 7.51. The number of nitrogens with zero attached hydrogens (tertiary/aromatic N) is 2. The molecule has 1 aromatic heterocycles. The molecule has 20 heavy (non-hydrogen) atoms. The molecule has 2 unspecified atom stereocenters.